The lowest BCUT2D eigenvalue weighted by molar-refractivity contribution is 0.415. The number of rotatable bonds is 3. The van der Waals surface area contributed by atoms with Crippen molar-refractivity contribution in [3.05, 3.63) is 29.5 Å². The van der Waals surface area contributed by atoms with Crippen LogP contribution in [0.4, 0.5) is 5.95 Å². The number of nitrogens with zero attached hydrogens (tertiary/aromatic N) is 2. The summed E-state index contributed by atoms with van der Waals surface area (Å²) in [4.78, 5) is 4.42. The predicted octanol–water partition coefficient (Wildman–Crippen LogP) is 3.11. The van der Waals surface area contributed by atoms with Gasteiger partial charge in [-0.2, -0.15) is 0 Å². The second-order valence-electron chi connectivity index (χ2n) is 5.08. The fourth-order valence-electron chi connectivity index (χ4n) is 2.12. The third kappa shape index (κ3) is 2.30. The molecule has 0 spiro atoms. The Labute approximate surface area is 114 Å². The van der Waals surface area contributed by atoms with Crippen molar-refractivity contribution in [2.75, 3.05) is 12.8 Å². The fourth-order valence-corrected chi connectivity index (χ4v) is 2.12. The summed E-state index contributed by atoms with van der Waals surface area (Å²) in [5, 5.41) is 0. The van der Waals surface area contributed by atoms with Gasteiger partial charge in [-0.3, -0.25) is 0 Å². The summed E-state index contributed by atoms with van der Waals surface area (Å²) in [5.74, 6) is 1.83. The summed E-state index contributed by atoms with van der Waals surface area (Å²) in [6, 6.07) is 6.25. The van der Waals surface area contributed by atoms with Crippen LogP contribution >= 0.6 is 0 Å². The van der Waals surface area contributed by atoms with Crippen LogP contribution in [0.1, 0.15) is 31.0 Å². The number of benzene rings is 1. The Kier molecular flexibility index (Phi) is 3.51. The van der Waals surface area contributed by atoms with Crippen LogP contribution in [-0.4, -0.2) is 16.7 Å². The molecule has 0 amide bonds. The van der Waals surface area contributed by atoms with Crippen molar-refractivity contribution >= 4 is 5.95 Å². The lowest BCUT2D eigenvalue weighted by Crippen LogP contribution is -1.97. The van der Waals surface area contributed by atoms with Gasteiger partial charge < -0.3 is 15.0 Å². The fraction of sp³-hybridized carbons (Fsp3) is 0.400. The highest BCUT2D eigenvalue weighted by molar-refractivity contribution is 5.71. The molecule has 1 heterocycles. The van der Waals surface area contributed by atoms with Crippen molar-refractivity contribution in [2.24, 2.45) is 7.05 Å². The van der Waals surface area contributed by atoms with Crippen LogP contribution in [0.25, 0.3) is 11.3 Å². The average Bonchev–Trinajstić information content (AvgIpc) is 2.65. The van der Waals surface area contributed by atoms with Gasteiger partial charge >= 0.3 is 0 Å². The molecule has 0 radical (unpaired) electrons. The first-order chi connectivity index (χ1) is 8.95. The van der Waals surface area contributed by atoms with E-state index in [2.05, 4.69) is 37.0 Å². The van der Waals surface area contributed by atoms with Crippen LogP contribution in [0, 0.1) is 6.92 Å². The predicted molar refractivity (Wildman–Crippen MR) is 78.4 cm³/mol. The largest absolute Gasteiger partial charge is 0.496 e. The highest BCUT2D eigenvalue weighted by Gasteiger charge is 2.16. The first-order valence-corrected chi connectivity index (χ1v) is 6.42. The number of methoxy groups -OCH3 is 1. The Morgan fingerprint density at radius 2 is 2.00 bits per heavy atom. The standard InChI is InChI=1S/C15H21N3O/c1-9(2)11-6-7-12(13(8-11)19-5)14-10(3)18(4)15(16)17-14/h6-9H,1-5H3,(H2,16,17). The third-order valence-corrected chi connectivity index (χ3v) is 3.56. The van der Waals surface area contributed by atoms with Gasteiger partial charge in [0.2, 0.25) is 5.95 Å². The lowest BCUT2D eigenvalue weighted by atomic mass is 9.99. The van der Waals surface area contributed by atoms with Gasteiger partial charge in [0, 0.05) is 18.3 Å². The SMILES string of the molecule is COc1cc(C(C)C)ccc1-c1nc(N)n(C)c1C. The lowest BCUT2D eigenvalue weighted by Gasteiger charge is -2.12. The Balaban J connectivity index is 2.58. The second-order valence-corrected chi connectivity index (χ2v) is 5.08. The van der Waals surface area contributed by atoms with E-state index in [-0.39, 0.29) is 0 Å². The van der Waals surface area contributed by atoms with E-state index in [1.54, 1.807) is 7.11 Å². The monoisotopic (exact) mass is 259 g/mol. The highest BCUT2D eigenvalue weighted by Crippen LogP contribution is 2.34. The first-order valence-electron chi connectivity index (χ1n) is 6.42. The van der Waals surface area contributed by atoms with Crippen LogP contribution < -0.4 is 10.5 Å². The zero-order valence-electron chi connectivity index (χ0n) is 12.2. The normalized spacial score (nSPS) is 11.1. The van der Waals surface area contributed by atoms with E-state index in [0.717, 1.165) is 22.7 Å². The molecule has 0 atom stereocenters. The van der Waals surface area contributed by atoms with Crippen LogP contribution in [0.3, 0.4) is 0 Å². The molecule has 0 unspecified atom stereocenters. The molecule has 0 fully saturated rings. The zero-order chi connectivity index (χ0) is 14.2. The van der Waals surface area contributed by atoms with Crippen LogP contribution in [-0.2, 0) is 7.05 Å². The molecule has 102 valence electrons. The van der Waals surface area contributed by atoms with Gasteiger partial charge in [-0.25, -0.2) is 4.98 Å². The molecule has 0 aliphatic heterocycles. The Morgan fingerprint density at radius 3 is 2.47 bits per heavy atom. The molecular formula is C15H21N3O. The van der Waals surface area contributed by atoms with E-state index < -0.39 is 0 Å². The van der Waals surface area contributed by atoms with Crippen molar-refractivity contribution in [2.45, 2.75) is 26.7 Å². The van der Waals surface area contributed by atoms with Gasteiger partial charge in [0.1, 0.15) is 5.75 Å². The number of imidazole rings is 1. The van der Waals surface area contributed by atoms with Crippen molar-refractivity contribution < 1.29 is 4.74 Å². The van der Waals surface area contributed by atoms with Crippen LogP contribution in [0.15, 0.2) is 18.2 Å². The number of ether oxygens (including phenoxy) is 1. The van der Waals surface area contributed by atoms with Gasteiger partial charge in [0.15, 0.2) is 0 Å². The molecule has 0 saturated carbocycles. The van der Waals surface area contributed by atoms with E-state index in [1.807, 2.05) is 18.5 Å². The van der Waals surface area contributed by atoms with E-state index in [0.29, 0.717) is 11.9 Å². The molecular weight excluding hydrogens is 238 g/mol. The topological polar surface area (TPSA) is 53.1 Å². The van der Waals surface area contributed by atoms with Crippen molar-refractivity contribution in [3.8, 4) is 17.0 Å². The first kappa shape index (κ1) is 13.5. The second kappa shape index (κ2) is 4.96. The maximum absolute atomic E-state index is 5.86. The van der Waals surface area contributed by atoms with Gasteiger partial charge in [0.25, 0.3) is 0 Å². The summed E-state index contributed by atoms with van der Waals surface area (Å²) in [6.45, 7) is 6.34. The van der Waals surface area contributed by atoms with Crippen molar-refractivity contribution in [1.29, 1.82) is 0 Å². The molecule has 0 saturated heterocycles. The Hall–Kier alpha value is -1.97. The van der Waals surface area contributed by atoms with Crippen molar-refractivity contribution in [1.82, 2.24) is 9.55 Å². The molecule has 2 N–H and O–H groups in total. The van der Waals surface area contributed by atoms with Gasteiger partial charge in [-0.1, -0.05) is 19.9 Å². The molecule has 19 heavy (non-hydrogen) atoms. The van der Waals surface area contributed by atoms with Crippen molar-refractivity contribution in [3.63, 3.8) is 0 Å². The maximum atomic E-state index is 5.86. The maximum Gasteiger partial charge on any atom is 0.200 e. The number of anilines is 1. The minimum absolute atomic E-state index is 0.470. The smallest absolute Gasteiger partial charge is 0.200 e. The minimum atomic E-state index is 0.470. The molecule has 2 aromatic rings. The summed E-state index contributed by atoms with van der Waals surface area (Å²) in [7, 11) is 3.60. The Bertz CT molecular complexity index is 600. The number of hydrogen-bond donors (Lipinski definition) is 1. The molecule has 0 aliphatic rings. The molecule has 0 aliphatic carbocycles. The van der Waals surface area contributed by atoms with E-state index in [1.165, 1.54) is 5.56 Å². The summed E-state index contributed by atoms with van der Waals surface area (Å²) < 4.78 is 7.38. The van der Waals surface area contributed by atoms with E-state index >= 15 is 0 Å². The highest BCUT2D eigenvalue weighted by atomic mass is 16.5. The molecule has 0 bridgehead atoms. The number of nitrogens with two attached hydrogens (primary N) is 1. The molecule has 1 aromatic heterocycles. The summed E-state index contributed by atoms with van der Waals surface area (Å²) in [5.41, 5.74) is 10.0. The van der Waals surface area contributed by atoms with Gasteiger partial charge in [-0.15, -0.1) is 0 Å². The Morgan fingerprint density at radius 1 is 1.32 bits per heavy atom. The molecule has 1 aromatic carbocycles. The third-order valence-electron chi connectivity index (χ3n) is 3.56. The zero-order valence-corrected chi connectivity index (χ0v) is 12.2. The van der Waals surface area contributed by atoms with Gasteiger partial charge in [-0.05, 0) is 30.5 Å². The molecule has 4 nitrogen and oxygen atoms in total. The minimum Gasteiger partial charge on any atom is -0.496 e. The average molecular weight is 259 g/mol. The number of aromatic nitrogens is 2. The molecule has 2 rings (SSSR count). The van der Waals surface area contributed by atoms with E-state index in [4.69, 9.17) is 10.5 Å². The summed E-state index contributed by atoms with van der Waals surface area (Å²) in [6.07, 6.45) is 0. The quantitative estimate of drug-likeness (QED) is 0.921. The molecule has 4 heteroatoms. The number of hydrogen-bond acceptors (Lipinski definition) is 3. The van der Waals surface area contributed by atoms with Gasteiger partial charge in [0.05, 0.1) is 12.8 Å². The summed E-state index contributed by atoms with van der Waals surface area (Å²) >= 11 is 0. The number of nitrogen functional groups attached to an aromatic ring is 1. The van der Waals surface area contributed by atoms with Crippen LogP contribution in [0.5, 0.6) is 5.75 Å². The van der Waals surface area contributed by atoms with Crippen LogP contribution in [0.2, 0.25) is 0 Å². The van der Waals surface area contributed by atoms with E-state index in [9.17, 15) is 0 Å².